The van der Waals surface area contributed by atoms with Crippen LogP contribution < -0.4 is 0 Å². The zero-order valence-corrected chi connectivity index (χ0v) is 11.6. The molecule has 0 radical (unpaired) electrons. The molecule has 0 heterocycles. The first kappa shape index (κ1) is 16.6. The summed E-state index contributed by atoms with van der Waals surface area (Å²) in [4.78, 5) is 33.6. The summed E-state index contributed by atoms with van der Waals surface area (Å²) in [5.74, 6) is -0.733. The van der Waals surface area contributed by atoms with Crippen molar-refractivity contribution in [2.75, 3.05) is 7.11 Å². The monoisotopic (exact) mass is 258 g/mol. The first-order chi connectivity index (χ1) is 8.24. The Morgan fingerprint density at radius 2 is 1.50 bits per heavy atom. The highest BCUT2D eigenvalue weighted by Crippen LogP contribution is 2.10. The molecular formula is C13H22O5. The minimum absolute atomic E-state index is 0.0373. The van der Waals surface area contributed by atoms with E-state index in [1.54, 1.807) is 20.8 Å². The molecule has 0 aliphatic heterocycles. The van der Waals surface area contributed by atoms with Gasteiger partial charge in [-0.25, -0.2) is 0 Å². The van der Waals surface area contributed by atoms with Crippen molar-refractivity contribution in [3.05, 3.63) is 0 Å². The highest BCUT2D eigenvalue weighted by Gasteiger charge is 2.17. The average molecular weight is 258 g/mol. The van der Waals surface area contributed by atoms with Crippen LogP contribution in [-0.2, 0) is 23.9 Å². The number of carbonyl (C=O) groups is 3. The molecule has 0 N–H and O–H groups in total. The van der Waals surface area contributed by atoms with Crippen molar-refractivity contribution in [1.82, 2.24) is 0 Å². The molecule has 0 saturated carbocycles. The predicted molar refractivity (Wildman–Crippen MR) is 66.0 cm³/mol. The molecule has 0 aromatic rings. The zero-order chi connectivity index (χ0) is 14.2. The summed E-state index contributed by atoms with van der Waals surface area (Å²) in [6.45, 7) is 5.34. The highest BCUT2D eigenvalue weighted by atomic mass is 16.6. The quantitative estimate of drug-likeness (QED) is 0.653. The normalized spacial score (nSPS) is 10.9. The molecular weight excluding hydrogens is 236 g/mol. The average Bonchev–Trinajstić information content (AvgIpc) is 2.23. The number of carbonyl (C=O) groups excluding carboxylic acids is 3. The number of ether oxygens (including phenoxy) is 2. The first-order valence-corrected chi connectivity index (χ1v) is 6.05. The molecule has 5 heteroatoms. The van der Waals surface area contributed by atoms with Crippen LogP contribution in [0, 0.1) is 0 Å². The van der Waals surface area contributed by atoms with Crippen molar-refractivity contribution in [3.8, 4) is 0 Å². The van der Waals surface area contributed by atoms with Gasteiger partial charge in [0.05, 0.1) is 13.5 Å². The number of methoxy groups -OCH3 is 1. The van der Waals surface area contributed by atoms with E-state index in [-0.39, 0.29) is 43.4 Å². The van der Waals surface area contributed by atoms with Gasteiger partial charge in [0.15, 0.2) is 0 Å². The van der Waals surface area contributed by atoms with Gasteiger partial charge < -0.3 is 9.47 Å². The molecule has 0 atom stereocenters. The van der Waals surface area contributed by atoms with Crippen LogP contribution in [0.25, 0.3) is 0 Å². The number of hydrogen-bond donors (Lipinski definition) is 0. The number of ketones is 1. The standard InChI is InChI=1S/C13H22O5/c1-13(2,3)18-12(16)9-8-10(14)6-5-7-11(15)17-4/h5-9H2,1-4H3. The Kier molecular flexibility index (Phi) is 7.24. The Morgan fingerprint density at radius 1 is 0.889 bits per heavy atom. The van der Waals surface area contributed by atoms with Gasteiger partial charge in [-0.3, -0.25) is 14.4 Å². The highest BCUT2D eigenvalue weighted by molar-refractivity contribution is 5.83. The lowest BCUT2D eigenvalue weighted by molar-refractivity contribution is -0.155. The zero-order valence-electron chi connectivity index (χ0n) is 11.6. The second-order valence-electron chi connectivity index (χ2n) is 5.05. The van der Waals surface area contributed by atoms with Gasteiger partial charge in [0.25, 0.3) is 0 Å². The van der Waals surface area contributed by atoms with E-state index in [1.165, 1.54) is 7.11 Å². The Bertz CT molecular complexity index is 301. The van der Waals surface area contributed by atoms with Crippen LogP contribution >= 0.6 is 0 Å². The minimum Gasteiger partial charge on any atom is -0.469 e. The Hall–Kier alpha value is -1.39. The SMILES string of the molecule is COC(=O)CCCC(=O)CCC(=O)OC(C)(C)C. The third kappa shape index (κ3) is 9.81. The van der Waals surface area contributed by atoms with Crippen LogP contribution in [0.4, 0.5) is 0 Å². The van der Waals surface area contributed by atoms with Crippen molar-refractivity contribution < 1.29 is 23.9 Å². The maximum Gasteiger partial charge on any atom is 0.306 e. The molecule has 0 bridgehead atoms. The van der Waals surface area contributed by atoms with E-state index < -0.39 is 5.60 Å². The number of hydrogen-bond acceptors (Lipinski definition) is 5. The van der Waals surface area contributed by atoms with Crippen LogP contribution in [0.15, 0.2) is 0 Å². The van der Waals surface area contributed by atoms with E-state index in [1.807, 2.05) is 0 Å². The van der Waals surface area contributed by atoms with Crippen molar-refractivity contribution >= 4 is 17.7 Å². The summed E-state index contributed by atoms with van der Waals surface area (Å²) in [7, 11) is 1.31. The van der Waals surface area contributed by atoms with Gasteiger partial charge in [-0.15, -0.1) is 0 Å². The molecule has 0 spiro atoms. The van der Waals surface area contributed by atoms with Crippen LogP contribution in [0.2, 0.25) is 0 Å². The second-order valence-corrected chi connectivity index (χ2v) is 5.05. The van der Waals surface area contributed by atoms with Gasteiger partial charge in [0.2, 0.25) is 0 Å². The van der Waals surface area contributed by atoms with Crippen molar-refractivity contribution in [1.29, 1.82) is 0 Å². The van der Waals surface area contributed by atoms with E-state index in [4.69, 9.17) is 4.74 Å². The lowest BCUT2D eigenvalue weighted by Crippen LogP contribution is -2.24. The fourth-order valence-electron chi connectivity index (χ4n) is 1.29. The minimum atomic E-state index is -0.523. The molecule has 5 nitrogen and oxygen atoms in total. The lowest BCUT2D eigenvalue weighted by atomic mass is 10.1. The van der Waals surface area contributed by atoms with E-state index >= 15 is 0 Å². The van der Waals surface area contributed by atoms with Gasteiger partial charge >= 0.3 is 11.9 Å². The van der Waals surface area contributed by atoms with E-state index in [9.17, 15) is 14.4 Å². The van der Waals surface area contributed by atoms with Gasteiger partial charge in [-0.2, -0.15) is 0 Å². The largest absolute Gasteiger partial charge is 0.469 e. The van der Waals surface area contributed by atoms with Crippen molar-refractivity contribution in [2.45, 2.75) is 58.5 Å². The smallest absolute Gasteiger partial charge is 0.306 e. The fraction of sp³-hybridized carbons (Fsp3) is 0.769. The predicted octanol–water partition coefficient (Wildman–Crippen LogP) is 2.02. The summed E-state index contributed by atoms with van der Waals surface area (Å²) in [5.41, 5.74) is -0.523. The molecule has 0 aromatic heterocycles. The Balaban J connectivity index is 3.71. The first-order valence-electron chi connectivity index (χ1n) is 6.05. The second kappa shape index (κ2) is 7.84. The number of rotatable bonds is 7. The molecule has 0 aliphatic carbocycles. The van der Waals surface area contributed by atoms with E-state index in [0.717, 1.165) is 0 Å². The lowest BCUT2D eigenvalue weighted by Gasteiger charge is -2.19. The Labute approximate surface area is 108 Å². The maximum absolute atomic E-state index is 11.4. The van der Waals surface area contributed by atoms with Crippen LogP contribution in [-0.4, -0.2) is 30.4 Å². The van der Waals surface area contributed by atoms with Crippen molar-refractivity contribution in [3.63, 3.8) is 0 Å². The summed E-state index contributed by atoms with van der Waals surface area (Å²) in [6, 6.07) is 0. The van der Waals surface area contributed by atoms with E-state index in [2.05, 4.69) is 4.74 Å². The van der Waals surface area contributed by atoms with Crippen LogP contribution in [0.1, 0.15) is 52.9 Å². The molecule has 18 heavy (non-hydrogen) atoms. The third-order valence-electron chi connectivity index (χ3n) is 2.09. The molecule has 0 aromatic carbocycles. The maximum atomic E-state index is 11.4. The summed E-state index contributed by atoms with van der Waals surface area (Å²) in [6.07, 6.45) is 1.23. The molecule has 0 fully saturated rings. The third-order valence-corrected chi connectivity index (χ3v) is 2.09. The summed E-state index contributed by atoms with van der Waals surface area (Å²) >= 11 is 0. The van der Waals surface area contributed by atoms with Crippen LogP contribution in [0.3, 0.4) is 0 Å². The molecule has 0 rings (SSSR count). The summed E-state index contributed by atoms with van der Waals surface area (Å²) < 4.78 is 9.54. The molecule has 0 unspecified atom stereocenters. The fourth-order valence-corrected chi connectivity index (χ4v) is 1.29. The van der Waals surface area contributed by atoms with Gasteiger partial charge in [-0.05, 0) is 27.2 Å². The van der Waals surface area contributed by atoms with Gasteiger partial charge in [-0.1, -0.05) is 0 Å². The topological polar surface area (TPSA) is 69.7 Å². The Morgan fingerprint density at radius 3 is 2.00 bits per heavy atom. The molecule has 0 saturated heterocycles. The van der Waals surface area contributed by atoms with Crippen LogP contribution in [0.5, 0.6) is 0 Å². The molecule has 0 aliphatic rings. The molecule has 0 amide bonds. The van der Waals surface area contributed by atoms with E-state index in [0.29, 0.717) is 6.42 Å². The van der Waals surface area contributed by atoms with Crippen molar-refractivity contribution in [2.24, 2.45) is 0 Å². The van der Waals surface area contributed by atoms with Gasteiger partial charge in [0.1, 0.15) is 11.4 Å². The number of esters is 2. The van der Waals surface area contributed by atoms with Gasteiger partial charge in [0, 0.05) is 19.3 Å². The molecule has 104 valence electrons. The summed E-state index contributed by atoms with van der Waals surface area (Å²) in [5, 5.41) is 0. The number of Topliss-reactive ketones (excluding diaryl/α,β-unsaturated/α-hetero) is 1.